The summed E-state index contributed by atoms with van der Waals surface area (Å²) in [7, 11) is 0.444. The number of nitrogen functional groups attached to an aromatic ring is 1. The van der Waals surface area contributed by atoms with Crippen LogP contribution in [0.3, 0.4) is 0 Å². The van der Waals surface area contributed by atoms with Gasteiger partial charge in [-0.15, -0.1) is 0 Å². The molecule has 9 heteroatoms. The number of aromatic nitrogens is 2. The van der Waals surface area contributed by atoms with Gasteiger partial charge in [-0.3, -0.25) is 4.72 Å². The normalized spacial score (nSPS) is 10.5. The number of rotatable bonds is 5. The standard InChI is InChI=1S/C14H15N3O2S.C12H11N3/c1-3-20(18,19)16-12-6-4-11(5-7-12)14-9-8-13(10-15)17(14)2;1-15-11(8-13)6-7-12(15)9-2-4-10(14)5-3-9/h4-9,16H,3H2,1-2H3;2-7H,14H2,1H3. The van der Waals surface area contributed by atoms with Crippen molar-refractivity contribution in [3.05, 3.63) is 84.2 Å². The molecule has 2 heterocycles. The van der Waals surface area contributed by atoms with Gasteiger partial charge in [-0.2, -0.15) is 10.5 Å². The quantitative estimate of drug-likeness (QED) is 0.402. The van der Waals surface area contributed by atoms with Gasteiger partial charge in [-0.1, -0.05) is 24.3 Å². The van der Waals surface area contributed by atoms with Crippen LogP contribution in [0, 0.1) is 22.7 Å². The molecule has 3 N–H and O–H groups in total. The van der Waals surface area contributed by atoms with E-state index < -0.39 is 10.0 Å². The van der Waals surface area contributed by atoms with Crippen molar-refractivity contribution >= 4 is 21.4 Å². The Balaban J connectivity index is 0.000000203. The fourth-order valence-corrected chi connectivity index (χ4v) is 4.08. The van der Waals surface area contributed by atoms with E-state index in [9.17, 15) is 8.42 Å². The number of nitriles is 2. The minimum Gasteiger partial charge on any atom is -0.399 e. The summed E-state index contributed by atoms with van der Waals surface area (Å²) in [6.07, 6.45) is 0. The van der Waals surface area contributed by atoms with E-state index in [1.807, 2.05) is 73.3 Å². The number of anilines is 2. The molecule has 178 valence electrons. The fraction of sp³-hybridized carbons (Fsp3) is 0.154. The Morgan fingerprint density at radius 3 is 1.57 bits per heavy atom. The van der Waals surface area contributed by atoms with Gasteiger partial charge in [0.05, 0.1) is 5.75 Å². The van der Waals surface area contributed by atoms with Crippen LogP contribution < -0.4 is 10.5 Å². The zero-order chi connectivity index (χ0) is 25.6. The molecule has 0 fully saturated rings. The fourth-order valence-electron chi connectivity index (χ4n) is 3.44. The van der Waals surface area contributed by atoms with Crippen LogP contribution in [0.4, 0.5) is 11.4 Å². The van der Waals surface area contributed by atoms with Gasteiger partial charge in [-0.05, 0) is 66.6 Å². The average Bonchev–Trinajstić information content (AvgIpc) is 3.42. The molecule has 0 saturated carbocycles. The molecule has 2 aromatic heterocycles. The number of hydrogen-bond acceptors (Lipinski definition) is 5. The van der Waals surface area contributed by atoms with E-state index >= 15 is 0 Å². The highest BCUT2D eigenvalue weighted by Crippen LogP contribution is 2.24. The third-order valence-corrected chi connectivity index (χ3v) is 6.82. The maximum atomic E-state index is 11.5. The van der Waals surface area contributed by atoms with Gasteiger partial charge in [0.25, 0.3) is 0 Å². The molecule has 0 saturated heterocycles. The number of nitrogens with two attached hydrogens (primary N) is 1. The van der Waals surface area contributed by atoms with E-state index in [1.54, 1.807) is 29.7 Å². The van der Waals surface area contributed by atoms with E-state index in [2.05, 4.69) is 16.9 Å². The van der Waals surface area contributed by atoms with Crippen molar-refractivity contribution in [3.63, 3.8) is 0 Å². The lowest BCUT2D eigenvalue weighted by molar-refractivity contribution is 0.602. The van der Waals surface area contributed by atoms with Crippen LogP contribution >= 0.6 is 0 Å². The third kappa shape index (κ3) is 5.91. The van der Waals surface area contributed by atoms with Crippen LogP contribution in [0.5, 0.6) is 0 Å². The molecule has 8 nitrogen and oxygen atoms in total. The summed E-state index contributed by atoms with van der Waals surface area (Å²) in [5.41, 5.74) is 12.0. The van der Waals surface area contributed by atoms with Crippen LogP contribution in [0.25, 0.3) is 22.5 Å². The monoisotopic (exact) mass is 486 g/mol. The zero-order valence-electron chi connectivity index (χ0n) is 19.7. The maximum Gasteiger partial charge on any atom is 0.232 e. The lowest BCUT2D eigenvalue weighted by atomic mass is 10.1. The Kier molecular flexibility index (Phi) is 7.65. The van der Waals surface area contributed by atoms with Gasteiger partial charge in [-0.25, -0.2) is 8.42 Å². The molecule has 0 radical (unpaired) electrons. The van der Waals surface area contributed by atoms with Crippen molar-refractivity contribution in [1.82, 2.24) is 9.13 Å². The first-order valence-electron chi connectivity index (χ1n) is 10.8. The summed E-state index contributed by atoms with van der Waals surface area (Å²) in [6.45, 7) is 1.59. The van der Waals surface area contributed by atoms with Crippen LogP contribution in [0.2, 0.25) is 0 Å². The molecule has 35 heavy (non-hydrogen) atoms. The zero-order valence-corrected chi connectivity index (χ0v) is 20.5. The predicted octanol–water partition coefficient (Wildman–Crippen LogP) is 4.47. The lowest BCUT2D eigenvalue weighted by Gasteiger charge is -2.08. The highest BCUT2D eigenvalue weighted by molar-refractivity contribution is 7.92. The second kappa shape index (κ2) is 10.6. The van der Waals surface area contributed by atoms with Gasteiger partial charge < -0.3 is 14.9 Å². The van der Waals surface area contributed by atoms with Crippen molar-refractivity contribution in [2.24, 2.45) is 14.1 Å². The van der Waals surface area contributed by atoms with Gasteiger partial charge in [0.1, 0.15) is 23.5 Å². The van der Waals surface area contributed by atoms with Crippen molar-refractivity contribution in [3.8, 4) is 34.7 Å². The number of sulfonamides is 1. The van der Waals surface area contributed by atoms with Crippen molar-refractivity contribution in [2.45, 2.75) is 6.92 Å². The molecule has 0 atom stereocenters. The smallest absolute Gasteiger partial charge is 0.232 e. The lowest BCUT2D eigenvalue weighted by Crippen LogP contribution is -2.14. The highest BCUT2D eigenvalue weighted by atomic mass is 32.2. The number of benzene rings is 2. The van der Waals surface area contributed by atoms with Crippen molar-refractivity contribution < 1.29 is 8.42 Å². The summed E-state index contributed by atoms with van der Waals surface area (Å²) in [5.74, 6) is 0.0398. The first-order valence-corrected chi connectivity index (χ1v) is 12.4. The molecule has 0 aliphatic heterocycles. The second-order valence-corrected chi connectivity index (χ2v) is 9.77. The molecular weight excluding hydrogens is 460 g/mol. The number of hydrogen-bond donors (Lipinski definition) is 2. The van der Waals surface area contributed by atoms with Crippen LogP contribution in [0.15, 0.2) is 72.8 Å². The van der Waals surface area contributed by atoms with Crippen molar-refractivity contribution in [1.29, 1.82) is 10.5 Å². The van der Waals surface area contributed by atoms with Crippen molar-refractivity contribution in [2.75, 3.05) is 16.2 Å². The average molecular weight is 487 g/mol. The topological polar surface area (TPSA) is 130 Å². The minimum absolute atomic E-state index is 0.0398. The van der Waals surface area contributed by atoms with Gasteiger partial charge in [0.15, 0.2) is 0 Å². The third-order valence-electron chi connectivity index (χ3n) is 5.51. The Bertz CT molecular complexity index is 1500. The SMILES string of the molecule is CCS(=O)(=O)Nc1ccc(-c2ccc(C#N)n2C)cc1.Cn1c(C#N)ccc1-c1ccc(N)cc1. The van der Waals surface area contributed by atoms with Gasteiger partial charge >= 0.3 is 0 Å². The summed E-state index contributed by atoms with van der Waals surface area (Å²) in [5, 5.41) is 17.8. The molecule has 0 spiro atoms. The van der Waals surface area contributed by atoms with Crippen LogP contribution in [-0.2, 0) is 24.1 Å². The van der Waals surface area contributed by atoms with E-state index in [-0.39, 0.29) is 5.75 Å². The van der Waals surface area contributed by atoms with Gasteiger partial charge in [0, 0.05) is 36.9 Å². The van der Waals surface area contributed by atoms with Crippen LogP contribution in [-0.4, -0.2) is 23.3 Å². The van der Waals surface area contributed by atoms with E-state index in [0.29, 0.717) is 17.1 Å². The highest BCUT2D eigenvalue weighted by Gasteiger charge is 2.09. The minimum atomic E-state index is -3.26. The Hall–Kier alpha value is -4.47. The summed E-state index contributed by atoms with van der Waals surface area (Å²) >= 11 is 0. The number of nitrogens with zero attached hydrogens (tertiary/aromatic N) is 4. The van der Waals surface area contributed by atoms with Gasteiger partial charge in [0.2, 0.25) is 10.0 Å². The Morgan fingerprint density at radius 1 is 0.771 bits per heavy atom. The van der Waals surface area contributed by atoms with E-state index in [0.717, 1.165) is 28.2 Å². The molecule has 0 aliphatic rings. The largest absolute Gasteiger partial charge is 0.399 e. The Labute approximate surface area is 205 Å². The molecule has 4 aromatic rings. The van der Waals surface area contributed by atoms with E-state index in [4.69, 9.17) is 16.3 Å². The molecule has 0 unspecified atom stereocenters. The predicted molar refractivity (Wildman–Crippen MR) is 139 cm³/mol. The molecule has 0 amide bonds. The summed E-state index contributed by atoms with van der Waals surface area (Å²) in [4.78, 5) is 0. The molecule has 2 aromatic carbocycles. The summed E-state index contributed by atoms with van der Waals surface area (Å²) < 4.78 is 29.1. The Morgan fingerprint density at radius 2 is 1.20 bits per heavy atom. The van der Waals surface area contributed by atoms with E-state index in [1.165, 1.54) is 0 Å². The second-order valence-electron chi connectivity index (χ2n) is 7.75. The maximum absolute atomic E-state index is 11.5. The molecule has 0 aliphatic carbocycles. The summed E-state index contributed by atoms with van der Waals surface area (Å²) in [6, 6.07) is 26.3. The van der Waals surface area contributed by atoms with Crippen LogP contribution in [0.1, 0.15) is 18.3 Å². The molecular formula is C26H26N6O2S. The first kappa shape index (κ1) is 25.2. The molecule has 0 bridgehead atoms. The first-order chi connectivity index (χ1) is 16.7. The number of nitrogens with one attached hydrogen (secondary N) is 1. The molecule has 4 rings (SSSR count).